The van der Waals surface area contributed by atoms with Crippen molar-refractivity contribution in [2.24, 2.45) is 5.73 Å². The fraction of sp³-hybridized carbons (Fsp3) is 0.300. The minimum absolute atomic E-state index is 0.236. The molecule has 1 atom stereocenters. The van der Waals surface area contributed by atoms with E-state index in [0.29, 0.717) is 5.01 Å². The summed E-state index contributed by atoms with van der Waals surface area (Å²) in [5.74, 6) is 0.236. The number of alkyl halides is 3. The lowest BCUT2D eigenvalue weighted by Crippen LogP contribution is -2.07. The topological polar surface area (TPSA) is 64.7 Å². The van der Waals surface area contributed by atoms with Gasteiger partial charge in [-0.1, -0.05) is 0 Å². The highest BCUT2D eigenvalue weighted by molar-refractivity contribution is 7.05. The number of rotatable bonds is 2. The molecule has 0 fully saturated rings. The van der Waals surface area contributed by atoms with E-state index in [1.54, 1.807) is 6.92 Å². The second-order valence-electron chi connectivity index (χ2n) is 3.67. The summed E-state index contributed by atoms with van der Waals surface area (Å²) in [5.41, 5.74) is 4.94. The van der Waals surface area contributed by atoms with Crippen LogP contribution in [0.25, 0.3) is 11.4 Å². The van der Waals surface area contributed by atoms with Crippen molar-refractivity contribution >= 4 is 11.5 Å². The van der Waals surface area contributed by atoms with Crippen molar-refractivity contribution in [3.63, 3.8) is 0 Å². The van der Waals surface area contributed by atoms with Gasteiger partial charge in [0.1, 0.15) is 10.7 Å². The zero-order chi connectivity index (χ0) is 13.3. The third-order valence-electron chi connectivity index (χ3n) is 2.14. The molecular formula is C10H9F3N4S. The quantitative estimate of drug-likeness (QED) is 0.914. The van der Waals surface area contributed by atoms with Crippen molar-refractivity contribution in [2.45, 2.75) is 19.1 Å². The summed E-state index contributed by atoms with van der Waals surface area (Å²) in [6, 6.07) is 2.06. The molecule has 4 nitrogen and oxygen atoms in total. The molecule has 0 bridgehead atoms. The normalized spacial score (nSPS) is 13.6. The van der Waals surface area contributed by atoms with E-state index in [-0.39, 0.29) is 17.4 Å². The van der Waals surface area contributed by atoms with Gasteiger partial charge in [-0.2, -0.15) is 17.5 Å². The van der Waals surface area contributed by atoms with Gasteiger partial charge >= 0.3 is 6.18 Å². The first kappa shape index (κ1) is 12.9. The first-order valence-electron chi connectivity index (χ1n) is 5.00. The van der Waals surface area contributed by atoms with Gasteiger partial charge in [-0.25, -0.2) is 4.98 Å². The number of nitrogens with two attached hydrogens (primary N) is 1. The van der Waals surface area contributed by atoms with E-state index in [4.69, 9.17) is 5.73 Å². The molecule has 2 aromatic heterocycles. The molecule has 0 unspecified atom stereocenters. The zero-order valence-electron chi connectivity index (χ0n) is 9.27. The maximum Gasteiger partial charge on any atom is 0.433 e. The van der Waals surface area contributed by atoms with E-state index in [9.17, 15) is 13.2 Å². The Morgan fingerprint density at radius 3 is 2.67 bits per heavy atom. The molecule has 0 saturated heterocycles. The van der Waals surface area contributed by atoms with Crippen LogP contribution in [-0.2, 0) is 6.18 Å². The Balaban J connectivity index is 2.38. The molecule has 2 heterocycles. The Bertz CT molecular complexity index is 550. The average Bonchev–Trinajstić information content (AvgIpc) is 2.77. The van der Waals surface area contributed by atoms with E-state index in [1.807, 2.05) is 0 Å². The summed E-state index contributed by atoms with van der Waals surface area (Å²) in [5, 5.41) is 0.579. The predicted molar refractivity (Wildman–Crippen MR) is 60.7 cm³/mol. The van der Waals surface area contributed by atoms with Gasteiger partial charge in [-0.05, 0) is 30.6 Å². The molecule has 0 aliphatic heterocycles. The molecular weight excluding hydrogens is 265 g/mol. The lowest BCUT2D eigenvalue weighted by molar-refractivity contribution is -0.141. The summed E-state index contributed by atoms with van der Waals surface area (Å²) in [4.78, 5) is 7.37. The third kappa shape index (κ3) is 2.65. The molecule has 2 N–H and O–H groups in total. The number of hydrogen-bond acceptors (Lipinski definition) is 5. The lowest BCUT2D eigenvalue weighted by Gasteiger charge is -2.05. The van der Waals surface area contributed by atoms with Gasteiger partial charge in [0.2, 0.25) is 0 Å². The first-order chi connectivity index (χ1) is 8.38. The van der Waals surface area contributed by atoms with Crippen molar-refractivity contribution in [2.75, 3.05) is 0 Å². The van der Waals surface area contributed by atoms with Crippen LogP contribution in [0.15, 0.2) is 18.3 Å². The van der Waals surface area contributed by atoms with Crippen LogP contribution in [0.5, 0.6) is 0 Å². The van der Waals surface area contributed by atoms with Gasteiger partial charge in [0, 0.05) is 11.8 Å². The molecule has 18 heavy (non-hydrogen) atoms. The standard InChI is InChI=1S/C10H9F3N4S/c1-5(14)9-16-8(17-18-9)6-2-3-15-7(4-6)10(11,12)13/h2-5H,14H2,1H3/t5-/m1/s1. The molecule has 0 aliphatic carbocycles. The lowest BCUT2D eigenvalue weighted by atomic mass is 10.2. The SMILES string of the molecule is C[C@@H](N)c1nc(-c2ccnc(C(F)(F)F)c2)ns1. The molecule has 0 saturated carbocycles. The smallest absolute Gasteiger partial charge is 0.322 e. The van der Waals surface area contributed by atoms with Crippen LogP contribution < -0.4 is 5.73 Å². The van der Waals surface area contributed by atoms with Crippen molar-refractivity contribution in [3.05, 3.63) is 29.0 Å². The van der Waals surface area contributed by atoms with Crippen LogP contribution in [0, 0.1) is 0 Å². The highest BCUT2D eigenvalue weighted by Gasteiger charge is 2.32. The van der Waals surface area contributed by atoms with Gasteiger partial charge < -0.3 is 5.73 Å². The average molecular weight is 274 g/mol. The van der Waals surface area contributed by atoms with Gasteiger partial charge in [0.25, 0.3) is 0 Å². The molecule has 0 aliphatic rings. The molecule has 0 aromatic carbocycles. The predicted octanol–water partition coefficient (Wildman–Crippen LogP) is 2.64. The van der Waals surface area contributed by atoms with Gasteiger partial charge in [0.05, 0.1) is 6.04 Å². The van der Waals surface area contributed by atoms with Crippen LogP contribution in [0.4, 0.5) is 13.2 Å². The van der Waals surface area contributed by atoms with Gasteiger partial charge in [-0.3, -0.25) is 4.98 Å². The Morgan fingerprint density at radius 1 is 1.39 bits per heavy atom. The largest absolute Gasteiger partial charge is 0.433 e. The maximum absolute atomic E-state index is 12.5. The van der Waals surface area contributed by atoms with Crippen molar-refractivity contribution in [3.8, 4) is 11.4 Å². The second-order valence-corrected chi connectivity index (χ2v) is 4.46. The van der Waals surface area contributed by atoms with Crippen LogP contribution >= 0.6 is 11.5 Å². The maximum atomic E-state index is 12.5. The first-order valence-corrected chi connectivity index (χ1v) is 5.78. The Labute approximate surface area is 105 Å². The molecule has 0 amide bonds. The molecule has 2 rings (SSSR count). The van der Waals surface area contributed by atoms with E-state index in [0.717, 1.165) is 23.8 Å². The van der Waals surface area contributed by atoms with E-state index < -0.39 is 11.9 Å². The number of pyridine rings is 1. The molecule has 0 radical (unpaired) electrons. The van der Waals surface area contributed by atoms with Crippen LogP contribution in [0.1, 0.15) is 23.7 Å². The van der Waals surface area contributed by atoms with Crippen molar-refractivity contribution < 1.29 is 13.2 Å². The minimum Gasteiger partial charge on any atom is -0.322 e. The second kappa shape index (κ2) is 4.62. The summed E-state index contributed by atoms with van der Waals surface area (Å²) in [7, 11) is 0. The summed E-state index contributed by atoms with van der Waals surface area (Å²) >= 11 is 1.08. The monoisotopic (exact) mass is 274 g/mol. The Hall–Kier alpha value is -1.54. The summed E-state index contributed by atoms with van der Waals surface area (Å²) in [6.07, 6.45) is -3.39. The summed E-state index contributed by atoms with van der Waals surface area (Å²) < 4.78 is 41.5. The number of hydrogen-bond donors (Lipinski definition) is 1. The van der Waals surface area contributed by atoms with Crippen molar-refractivity contribution in [1.29, 1.82) is 0 Å². The van der Waals surface area contributed by atoms with E-state index in [2.05, 4.69) is 14.3 Å². The Morgan fingerprint density at radius 2 is 2.11 bits per heavy atom. The van der Waals surface area contributed by atoms with Gasteiger partial charge in [-0.15, -0.1) is 0 Å². The fourth-order valence-corrected chi connectivity index (χ4v) is 1.88. The molecule has 8 heteroatoms. The van der Waals surface area contributed by atoms with Crippen LogP contribution in [0.3, 0.4) is 0 Å². The third-order valence-corrected chi connectivity index (χ3v) is 3.05. The highest BCUT2D eigenvalue weighted by atomic mass is 32.1. The number of aromatic nitrogens is 3. The van der Waals surface area contributed by atoms with E-state index >= 15 is 0 Å². The summed E-state index contributed by atoms with van der Waals surface area (Å²) in [6.45, 7) is 1.73. The van der Waals surface area contributed by atoms with Crippen molar-refractivity contribution in [1.82, 2.24) is 14.3 Å². The van der Waals surface area contributed by atoms with Gasteiger partial charge in [0.15, 0.2) is 5.82 Å². The molecule has 96 valence electrons. The van der Waals surface area contributed by atoms with Crippen LogP contribution in [0.2, 0.25) is 0 Å². The number of halogens is 3. The minimum atomic E-state index is -4.48. The Kier molecular flexibility index (Phi) is 3.31. The van der Waals surface area contributed by atoms with E-state index in [1.165, 1.54) is 6.07 Å². The highest BCUT2D eigenvalue weighted by Crippen LogP contribution is 2.30. The number of nitrogens with zero attached hydrogens (tertiary/aromatic N) is 3. The fourth-order valence-electron chi connectivity index (χ4n) is 1.26. The molecule has 0 spiro atoms. The molecule has 2 aromatic rings. The van der Waals surface area contributed by atoms with Crippen LogP contribution in [-0.4, -0.2) is 14.3 Å². The zero-order valence-corrected chi connectivity index (χ0v) is 10.1.